The van der Waals surface area contributed by atoms with Crippen LogP contribution in [0.2, 0.25) is 0 Å². The third-order valence-corrected chi connectivity index (χ3v) is 3.91. The van der Waals surface area contributed by atoms with Crippen molar-refractivity contribution in [2.24, 2.45) is 0 Å². The van der Waals surface area contributed by atoms with Crippen molar-refractivity contribution in [2.75, 3.05) is 12.3 Å². The van der Waals surface area contributed by atoms with E-state index in [0.717, 1.165) is 36.7 Å². The number of nitrogens with two attached hydrogens (primary N) is 1. The number of halogens is 1. The second kappa shape index (κ2) is 5.74. The Labute approximate surface area is 116 Å². The highest BCUT2D eigenvalue weighted by atomic mass is 79.9. The Bertz CT molecular complexity index is 443. The number of nitrogens with zero attached hydrogens (tertiary/aromatic N) is 1. The fraction of sp³-hybridized carbons (Fsp3) is 0.500. The summed E-state index contributed by atoms with van der Waals surface area (Å²) in [4.78, 5) is 14.5. The molecule has 1 aliphatic carbocycles. The fourth-order valence-electron chi connectivity index (χ4n) is 2.03. The number of benzene rings is 1. The second-order valence-electron chi connectivity index (χ2n) is 4.82. The van der Waals surface area contributed by atoms with Crippen LogP contribution in [0.5, 0.6) is 0 Å². The summed E-state index contributed by atoms with van der Waals surface area (Å²) in [5.41, 5.74) is 7.08. The molecule has 0 aromatic heterocycles. The maximum absolute atomic E-state index is 12.5. The van der Waals surface area contributed by atoms with Crippen LogP contribution in [0.15, 0.2) is 22.7 Å². The summed E-state index contributed by atoms with van der Waals surface area (Å²) in [5.74, 6) is 0.102. The van der Waals surface area contributed by atoms with Gasteiger partial charge in [-0.15, -0.1) is 0 Å². The molecule has 18 heavy (non-hydrogen) atoms. The van der Waals surface area contributed by atoms with E-state index in [2.05, 4.69) is 22.9 Å². The molecule has 1 fully saturated rings. The first-order valence-corrected chi connectivity index (χ1v) is 7.28. The Balaban J connectivity index is 2.19. The third kappa shape index (κ3) is 3.05. The lowest BCUT2D eigenvalue weighted by atomic mass is 10.1. The van der Waals surface area contributed by atoms with Gasteiger partial charge in [-0.1, -0.05) is 13.3 Å². The van der Waals surface area contributed by atoms with Crippen molar-refractivity contribution in [1.82, 2.24) is 4.90 Å². The Morgan fingerprint density at radius 1 is 1.50 bits per heavy atom. The molecule has 1 aromatic rings. The van der Waals surface area contributed by atoms with E-state index in [0.29, 0.717) is 17.3 Å². The smallest absolute Gasteiger partial charge is 0.255 e. The number of carbonyl (C=O) groups excluding carboxylic acids is 1. The van der Waals surface area contributed by atoms with Gasteiger partial charge in [-0.3, -0.25) is 4.79 Å². The highest BCUT2D eigenvalue weighted by molar-refractivity contribution is 9.10. The Hall–Kier alpha value is -1.03. The molecule has 0 unspecified atom stereocenters. The molecule has 0 atom stereocenters. The van der Waals surface area contributed by atoms with Crippen molar-refractivity contribution in [3.05, 3.63) is 28.2 Å². The summed E-state index contributed by atoms with van der Waals surface area (Å²) in [6.45, 7) is 2.99. The van der Waals surface area contributed by atoms with E-state index in [9.17, 15) is 4.79 Å². The van der Waals surface area contributed by atoms with Gasteiger partial charge in [-0.25, -0.2) is 0 Å². The van der Waals surface area contributed by atoms with Crippen molar-refractivity contribution >= 4 is 27.5 Å². The number of carbonyl (C=O) groups is 1. The van der Waals surface area contributed by atoms with Gasteiger partial charge in [0.2, 0.25) is 0 Å². The molecule has 1 saturated carbocycles. The van der Waals surface area contributed by atoms with Crippen molar-refractivity contribution in [3.8, 4) is 0 Å². The minimum atomic E-state index is 0.102. The van der Waals surface area contributed by atoms with Gasteiger partial charge in [0, 0.05) is 22.7 Å². The lowest BCUT2D eigenvalue weighted by Crippen LogP contribution is -2.34. The number of nitrogen functional groups attached to an aromatic ring is 1. The van der Waals surface area contributed by atoms with Crippen LogP contribution >= 0.6 is 15.9 Å². The molecular formula is C14H19BrN2O. The van der Waals surface area contributed by atoms with Crippen LogP contribution in [0, 0.1) is 0 Å². The fourth-order valence-corrected chi connectivity index (χ4v) is 2.44. The number of hydrogen-bond acceptors (Lipinski definition) is 2. The molecule has 0 saturated heterocycles. The van der Waals surface area contributed by atoms with Crippen molar-refractivity contribution < 1.29 is 4.79 Å². The van der Waals surface area contributed by atoms with Crippen LogP contribution in [0.25, 0.3) is 0 Å². The maximum Gasteiger partial charge on any atom is 0.255 e. The standard InChI is InChI=1S/C14H19BrN2O/c1-2-3-8-17(11-5-6-11)14(18)12-9-10(16)4-7-13(12)15/h4,7,9,11H,2-3,5-6,8,16H2,1H3. The van der Waals surface area contributed by atoms with E-state index >= 15 is 0 Å². The summed E-state index contributed by atoms with van der Waals surface area (Å²) < 4.78 is 0.823. The summed E-state index contributed by atoms with van der Waals surface area (Å²) in [5, 5.41) is 0. The molecule has 4 heteroatoms. The average Bonchev–Trinajstić information content (AvgIpc) is 3.17. The van der Waals surface area contributed by atoms with E-state index < -0.39 is 0 Å². The van der Waals surface area contributed by atoms with Crippen LogP contribution in [-0.2, 0) is 0 Å². The van der Waals surface area contributed by atoms with Gasteiger partial charge in [0.15, 0.2) is 0 Å². The van der Waals surface area contributed by atoms with Crippen molar-refractivity contribution in [3.63, 3.8) is 0 Å². The van der Waals surface area contributed by atoms with E-state index in [4.69, 9.17) is 5.73 Å². The summed E-state index contributed by atoms with van der Waals surface area (Å²) in [6.07, 6.45) is 4.43. The first-order chi connectivity index (χ1) is 8.63. The summed E-state index contributed by atoms with van der Waals surface area (Å²) >= 11 is 3.43. The first-order valence-electron chi connectivity index (χ1n) is 6.49. The largest absolute Gasteiger partial charge is 0.399 e. The molecular weight excluding hydrogens is 292 g/mol. The predicted molar refractivity (Wildman–Crippen MR) is 77.5 cm³/mol. The van der Waals surface area contributed by atoms with Gasteiger partial charge in [0.1, 0.15) is 0 Å². The van der Waals surface area contributed by atoms with Gasteiger partial charge in [-0.2, -0.15) is 0 Å². The van der Waals surface area contributed by atoms with Gasteiger partial charge < -0.3 is 10.6 Å². The average molecular weight is 311 g/mol. The van der Waals surface area contributed by atoms with Crippen molar-refractivity contribution in [1.29, 1.82) is 0 Å². The molecule has 98 valence electrons. The minimum Gasteiger partial charge on any atom is -0.399 e. The van der Waals surface area contributed by atoms with Crippen LogP contribution < -0.4 is 5.73 Å². The lowest BCUT2D eigenvalue weighted by molar-refractivity contribution is 0.0740. The molecule has 2 rings (SSSR count). The van der Waals surface area contributed by atoms with E-state index in [1.807, 2.05) is 11.0 Å². The van der Waals surface area contributed by atoms with Gasteiger partial charge in [0.25, 0.3) is 5.91 Å². The van der Waals surface area contributed by atoms with Crippen molar-refractivity contribution in [2.45, 2.75) is 38.6 Å². The Morgan fingerprint density at radius 2 is 2.22 bits per heavy atom. The Morgan fingerprint density at radius 3 is 2.83 bits per heavy atom. The normalized spacial score (nSPS) is 14.6. The zero-order chi connectivity index (χ0) is 13.1. The minimum absolute atomic E-state index is 0.102. The molecule has 0 aliphatic heterocycles. The summed E-state index contributed by atoms with van der Waals surface area (Å²) in [7, 11) is 0. The molecule has 0 bridgehead atoms. The predicted octanol–water partition coefficient (Wildman–Crippen LogP) is 3.44. The van der Waals surface area contributed by atoms with Crippen LogP contribution in [0.3, 0.4) is 0 Å². The molecule has 2 N–H and O–H groups in total. The molecule has 3 nitrogen and oxygen atoms in total. The third-order valence-electron chi connectivity index (χ3n) is 3.22. The highest BCUT2D eigenvalue weighted by Crippen LogP contribution is 2.30. The van der Waals surface area contributed by atoms with Crippen LogP contribution in [0.4, 0.5) is 5.69 Å². The van der Waals surface area contributed by atoms with E-state index in [-0.39, 0.29) is 5.91 Å². The molecule has 1 amide bonds. The van der Waals surface area contributed by atoms with E-state index in [1.54, 1.807) is 12.1 Å². The second-order valence-corrected chi connectivity index (χ2v) is 5.68. The maximum atomic E-state index is 12.5. The van der Waals surface area contributed by atoms with Gasteiger partial charge in [0.05, 0.1) is 5.56 Å². The Kier molecular flexibility index (Phi) is 4.27. The van der Waals surface area contributed by atoms with Crippen LogP contribution in [-0.4, -0.2) is 23.4 Å². The molecule has 0 radical (unpaired) electrons. The van der Waals surface area contributed by atoms with Gasteiger partial charge in [-0.05, 0) is 53.4 Å². The number of unbranched alkanes of at least 4 members (excludes halogenated alkanes) is 1. The lowest BCUT2D eigenvalue weighted by Gasteiger charge is -2.23. The zero-order valence-electron chi connectivity index (χ0n) is 10.7. The number of anilines is 1. The van der Waals surface area contributed by atoms with Gasteiger partial charge >= 0.3 is 0 Å². The molecule has 1 aliphatic rings. The quantitative estimate of drug-likeness (QED) is 0.847. The monoisotopic (exact) mass is 310 g/mol. The SMILES string of the molecule is CCCCN(C(=O)c1cc(N)ccc1Br)C1CC1. The molecule has 0 heterocycles. The molecule has 0 spiro atoms. The topological polar surface area (TPSA) is 46.3 Å². The summed E-state index contributed by atoms with van der Waals surface area (Å²) in [6, 6.07) is 5.84. The first kappa shape index (κ1) is 13.4. The van der Waals surface area contributed by atoms with E-state index in [1.165, 1.54) is 0 Å². The number of hydrogen-bond donors (Lipinski definition) is 1. The van der Waals surface area contributed by atoms with Crippen LogP contribution in [0.1, 0.15) is 43.0 Å². The number of rotatable bonds is 5. The highest BCUT2D eigenvalue weighted by Gasteiger charge is 2.33. The molecule has 1 aromatic carbocycles. The number of amides is 1. The zero-order valence-corrected chi connectivity index (χ0v) is 12.2.